The van der Waals surface area contributed by atoms with Crippen LogP contribution in [0.4, 0.5) is 0 Å². The lowest BCUT2D eigenvalue weighted by molar-refractivity contribution is -0.144. The molecule has 18 heavy (non-hydrogen) atoms. The second kappa shape index (κ2) is 6.72. The van der Waals surface area contributed by atoms with E-state index in [0.29, 0.717) is 19.4 Å². The van der Waals surface area contributed by atoms with Gasteiger partial charge in [-0.3, -0.25) is 9.59 Å². The van der Waals surface area contributed by atoms with Crippen molar-refractivity contribution in [3.05, 3.63) is 0 Å². The molecule has 0 bridgehead atoms. The average Bonchev–Trinajstić information content (AvgIpc) is 2.25. The van der Waals surface area contributed by atoms with Crippen molar-refractivity contribution in [2.45, 2.75) is 38.6 Å². The minimum absolute atomic E-state index is 0.00184. The predicted octanol–water partition coefficient (Wildman–Crippen LogP) is 0.0231. The number of carbonyl (C=O) groups excluding carboxylic acids is 2. The monoisotopic (exact) mass is 277 g/mol. The van der Waals surface area contributed by atoms with E-state index in [9.17, 15) is 18.0 Å². The third-order valence-corrected chi connectivity index (χ3v) is 4.51. The van der Waals surface area contributed by atoms with Gasteiger partial charge in [-0.05, 0) is 19.8 Å². The molecule has 1 atom stereocenters. The van der Waals surface area contributed by atoms with E-state index in [1.54, 1.807) is 6.92 Å². The number of amides is 1. The van der Waals surface area contributed by atoms with Crippen molar-refractivity contribution in [1.29, 1.82) is 0 Å². The first-order valence-corrected chi connectivity index (χ1v) is 7.90. The quantitative estimate of drug-likeness (QED) is 0.716. The number of hydrogen-bond donors (Lipinski definition) is 1. The zero-order valence-electron chi connectivity index (χ0n) is 10.5. The summed E-state index contributed by atoms with van der Waals surface area (Å²) in [7, 11) is -3.02. The van der Waals surface area contributed by atoms with E-state index >= 15 is 0 Å². The van der Waals surface area contributed by atoms with E-state index in [4.69, 9.17) is 4.74 Å². The Morgan fingerprint density at radius 2 is 2.06 bits per heavy atom. The van der Waals surface area contributed by atoms with Gasteiger partial charge in [-0.1, -0.05) is 0 Å². The van der Waals surface area contributed by atoms with Crippen molar-refractivity contribution in [1.82, 2.24) is 5.32 Å². The van der Waals surface area contributed by atoms with Gasteiger partial charge in [0.2, 0.25) is 5.91 Å². The van der Waals surface area contributed by atoms with Crippen molar-refractivity contribution >= 4 is 21.7 Å². The van der Waals surface area contributed by atoms with Gasteiger partial charge in [0.1, 0.15) is 0 Å². The second-order valence-electron chi connectivity index (χ2n) is 4.33. The first-order chi connectivity index (χ1) is 8.43. The number of nitrogens with one attached hydrogen (secondary N) is 1. The van der Waals surface area contributed by atoms with E-state index in [1.165, 1.54) is 0 Å². The van der Waals surface area contributed by atoms with Crippen molar-refractivity contribution in [2.24, 2.45) is 0 Å². The Morgan fingerprint density at radius 1 is 1.33 bits per heavy atom. The molecule has 1 heterocycles. The molecule has 6 nitrogen and oxygen atoms in total. The summed E-state index contributed by atoms with van der Waals surface area (Å²) < 4.78 is 27.4. The average molecular weight is 277 g/mol. The predicted molar refractivity (Wildman–Crippen MR) is 65.7 cm³/mol. The molecule has 7 heteroatoms. The van der Waals surface area contributed by atoms with Crippen LogP contribution >= 0.6 is 0 Å². The first kappa shape index (κ1) is 14.9. The Bertz CT molecular complexity index is 404. The molecule has 1 fully saturated rings. The second-order valence-corrected chi connectivity index (χ2v) is 6.55. The lowest BCUT2D eigenvalue weighted by atomic mass is 10.2. The molecule has 1 saturated heterocycles. The summed E-state index contributed by atoms with van der Waals surface area (Å²) in [6, 6.07) is -0.321. The Balaban J connectivity index is 2.30. The number of sulfone groups is 1. The molecule has 1 rings (SSSR count). The fraction of sp³-hybridized carbons (Fsp3) is 0.818. The number of carbonyl (C=O) groups is 2. The normalized spacial score (nSPS) is 22.2. The van der Waals surface area contributed by atoms with Crippen molar-refractivity contribution in [3.63, 3.8) is 0 Å². The van der Waals surface area contributed by atoms with Crippen LogP contribution in [0.1, 0.15) is 32.6 Å². The van der Waals surface area contributed by atoms with Gasteiger partial charge in [0.05, 0.1) is 24.5 Å². The highest BCUT2D eigenvalue weighted by Gasteiger charge is 2.25. The van der Waals surface area contributed by atoms with Crippen LogP contribution < -0.4 is 5.32 Å². The Morgan fingerprint density at radius 3 is 2.67 bits per heavy atom. The lowest BCUT2D eigenvalue weighted by Crippen LogP contribution is -2.43. The molecule has 0 aromatic carbocycles. The van der Waals surface area contributed by atoms with Gasteiger partial charge in [0, 0.05) is 12.5 Å². The Labute approximate surface area is 107 Å². The van der Waals surface area contributed by atoms with Crippen LogP contribution in [0.2, 0.25) is 0 Å². The van der Waals surface area contributed by atoms with Crippen LogP contribution in [0.25, 0.3) is 0 Å². The summed E-state index contributed by atoms with van der Waals surface area (Å²) in [5, 5.41) is 2.65. The highest BCUT2D eigenvalue weighted by atomic mass is 32.2. The van der Waals surface area contributed by atoms with Gasteiger partial charge < -0.3 is 10.1 Å². The van der Waals surface area contributed by atoms with Crippen LogP contribution in [-0.4, -0.2) is 44.4 Å². The highest BCUT2D eigenvalue weighted by Crippen LogP contribution is 2.12. The molecule has 1 aliphatic heterocycles. The third kappa shape index (κ3) is 5.48. The molecular weight excluding hydrogens is 258 g/mol. The maximum absolute atomic E-state index is 11.5. The molecule has 0 aliphatic carbocycles. The third-order valence-electron chi connectivity index (χ3n) is 2.69. The summed E-state index contributed by atoms with van der Waals surface area (Å²) in [5.74, 6) is -0.519. The highest BCUT2D eigenvalue weighted by molar-refractivity contribution is 7.91. The number of rotatable bonds is 5. The maximum Gasteiger partial charge on any atom is 0.306 e. The molecule has 1 unspecified atom stereocenters. The molecular formula is C11H19NO5S. The first-order valence-electron chi connectivity index (χ1n) is 6.08. The molecule has 0 saturated carbocycles. The Kier molecular flexibility index (Phi) is 5.58. The zero-order valence-corrected chi connectivity index (χ0v) is 11.3. The van der Waals surface area contributed by atoms with E-state index in [2.05, 4.69) is 5.32 Å². The number of ether oxygens (including phenoxy) is 1. The zero-order chi connectivity index (χ0) is 13.6. The summed E-state index contributed by atoms with van der Waals surface area (Å²) in [6.45, 7) is 1.99. The minimum atomic E-state index is -3.02. The van der Waals surface area contributed by atoms with E-state index in [0.717, 1.165) is 0 Å². The molecule has 104 valence electrons. The van der Waals surface area contributed by atoms with Crippen molar-refractivity contribution in [3.8, 4) is 0 Å². The van der Waals surface area contributed by atoms with Gasteiger partial charge >= 0.3 is 5.97 Å². The molecule has 0 radical (unpaired) electrons. The van der Waals surface area contributed by atoms with Gasteiger partial charge in [-0.25, -0.2) is 8.42 Å². The van der Waals surface area contributed by atoms with E-state index in [1.807, 2.05) is 0 Å². The van der Waals surface area contributed by atoms with Crippen LogP contribution in [0.5, 0.6) is 0 Å². The molecule has 0 aromatic heterocycles. The molecule has 1 N–H and O–H groups in total. The summed E-state index contributed by atoms with van der Waals surface area (Å²) in [4.78, 5) is 22.6. The van der Waals surface area contributed by atoms with Gasteiger partial charge in [-0.2, -0.15) is 0 Å². The van der Waals surface area contributed by atoms with Gasteiger partial charge in [0.15, 0.2) is 9.84 Å². The minimum Gasteiger partial charge on any atom is -0.466 e. The van der Waals surface area contributed by atoms with Gasteiger partial charge in [0.25, 0.3) is 0 Å². The molecule has 0 spiro atoms. The van der Waals surface area contributed by atoms with Crippen LogP contribution in [0.15, 0.2) is 0 Å². The van der Waals surface area contributed by atoms with Crippen molar-refractivity contribution < 1.29 is 22.7 Å². The summed E-state index contributed by atoms with van der Waals surface area (Å²) in [6.07, 6.45) is 1.31. The lowest BCUT2D eigenvalue weighted by Gasteiger charge is -2.22. The topological polar surface area (TPSA) is 89.5 Å². The maximum atomic E-state index is 11.5. The number of hydrogen-bond acceptors (Lipinski definition) is 5. The SMILES string of the molecule is CCOC(=O)CCC(=O)NC1CCCS(=O)(=O)C1. The molecule has 1 amide bonds. The van der Waals surface area contributed by atoms with Gasteiger partial charge in [-0.15, -0.1) is 0 Å². The standard InChI is InChI=1S/C11H19NO5S/c1-2-17-11(14)6-5-10(13)12-9-4-3-7-18(15,16)8-9/h9H,2-8H2,1H3,(H,12,13). The molecule has 1 aliphatic rings. The smallest absolute Gasteiger partial charge is 0.306 e. The number of esters is 1. The van der Waals surface area contributed by atoms with Crippen molar-refractivity contribution in [2.75, 3.05) is 18.1 Å². The largest absolute Gasteiger partial charge is 0.466 e. The summed E-state index contributed by atoms with van der Waals surface area (Å²) >= 11 is 0. The van der Waals surface area contributed by atoms with Crippen LogP contribution in [0.3, 0.4) is 0 Å². The molecule has 0 aromatic rings. The summed E-state index contributed by atoms with van der Waals surface area (Å²) in [5.41, 5.74) is 0. The van der Waals surface area contributed by atoms with Crippen LogP contribution in [0, 0.1) is 0 Å². The van der Waals surface area contributed by atoms with E-state index in [-0.39, 0.29) is 36.3 Å². The van der Waals surface area contributed by atoms with E-state index < -0.39 is 15.8 Å². The fourth-order valence-corrected chi connectivity index (χ4v) is 3.52. The van der Waals surface area contributed by atoms with Crippen LogP contribution in [-0.2, 0) is 24.2 Å². The fourth-order valence-electron chi connectivity index (χ4n) is 1.89. The Hall–Kier alpha value is -1.11.